The number of hydrogen-bond donors (Lipinski definition) is 0. The molecule has 0 N–H and O–H groups in total. The van der Waals surface area contributed by atoms with Crippen molar-refractivity contribution in [1.29, 1.82) is 0 Å². The largest absolute Gasteiger partial charge is 0.358 e. The van der Waals surface area contributed by atoms with Gasteiger partial charge in [-0.15, -0.1) is 0 Å². The van der Waals surface area contributed by atoms with Gasteiger partial charge in [-0.05, 0) is 11.3 Å². The molecule has 1 unspecified atom stereocenters. The molecule has 0 spiro atoms. The molecule has 2 aromatic heterocycles. The lowest BCUT2D eigenvalue weighted by atomic mass is 10.2. The van der Waals surface area contributed by atoms with Crippen LogP contribution in [0, 0.1) is 10.1 Å². The highest BCUT2D eigenvalue weighted by atomic mass is 79.9. The lowest BCUT2D eigenvalue weighted by Crippen LogP contribution is -2.04. The molecule has 2 rings (SSSR count). The Morgan fingerprint density at radius 1 is 1.75 bits per heavy atom. The van der Waals surface area contributed by atoms with Crippen molar-refractivity contribution in [1.82, 2.24) is 9.38 Å². The average Bonchev–Trinajstić information content (AvgIpc) is 2.76. The van der Waals surface area contributed by atoms with Crippen molar-refractivity contribution in [2.24, 2.45) is 0 Å². The summed E-state index contributed by atoms with van der Waals surface area (Å²) in [5.41, 5.74) is 0.556. The van der Waals surface area contributed by atoms with E-state index in [1.807, 2.05) is 6.92 Å². The van der Waals surface area contributed by atoms with Crippen LogP contribution in [-0.2, 0) is 6.42 Å². The predicted octanol–water partition coefficient (Wildman–Crippen LogP) is 3.02. The zero-order valence-corrected chi connectivity index (χ0v) is 11.0. The third-order valence-corrected chi connectivity index (χ3v) is 4.06. The fraction of sp³-hybridized carbons (Fsp3) is 0.444. The summed E-state index contributed by atoms with van der Waals surface area (Å²) < 4.78 is 1.54. The van der Waals surface area contributed by atoms with Crippen LogP contribution in [0.2, 0.25) is 0 Å². The van der Waals surface area contributed by atoms with E-state index in [-0.39, 0.29) is 15.6 Å². The SMILES string of the molecule is CCC(Br)Cc1nc2sccn2c1[N+](=O)[O-]. The van der Waals surface area contributed by atoms with Crippen LogP contribution in [0.3, 0.4) is 0 Å². The number of imidazole rings is 1. The molecule has 2 aromatic rings. The molecule has 0 bridgehead atoms. The Kier molecular flexibility index (Phi) is 3.25. The second-order valence-corrected chi connectivity index (χ2v) is 5.57. The summed E-state index contributed by atoms with van der Waals surface area (Å²) in [6, 6.07) is 0. The Labute approximate surface area is 104 Å². The van der Waals surface area contributed by atoms with Gasteiger partial charge in [-0.2, -0.15) is 9.38 Å². The van der Waals surface area contributed by atoms with Crippen LogP contribution in [0.4, 0.5) is 5.82 Å². The molecule has 0 saturated heterocycles. The number of nitro groups is 1. The van der Waals surface area contributed by atoms with Crippen LogP contribution in [0.1, 0.15) is 19.0 Å². The van der Waals surface area contributed by atoms with Crippen molar-refractivity contribution >= 4 is 38.0 Å². The van der Waals surface area contributed by atoms with Crippen molar-refractivity contribution < 1.29 is 4.92 Å². The van der Waals surface area contributed by atoms with Gasteiger partial charge < -0.3 is 10.1 Å². The van der Waals surface area contributed by atoms with Crippen molar-refractivity contribution in [2.75, 3.05) is 0 Å². The first kappa shape index (κ1) is 11.5. The number of hydrogen-bond acceptors (Lipinski definition) is 4. The van der Waals surface area contributed by atoms with Crippen LogP contribution >= 0.6 is 27.3 Å². The zero-order valence-electron chi connectivity index (χ0n) is 8.59. The zero-order chi connectivity index (χ0) is 11.7. The van der Waals surface area contributed by atoms with Gasteiger partial charge >= 0.3 is 5.82 Å². The highest BCUT2D eigenvalue weighted by Gasteiger charge is 2.24. The summed E-state index contributed by atoms with van der Waals surface area (Å²) in [6.07, 6.45) is 3.19. The second kappa shape index (κ2) is 4.50. The molecule has 0 amide bonds. The van der Waals surface area contributed by atoms with Gasteiger partial charge in [0.25, 0.3) is 4.96 Å². The summed E-state index contributed by atoms with van der Waals surface area (Å²) in [6.45, 7) is 2.03. The Bertz CT molecular complexity index is 522. The van der Waals surface area contributed by atoms with Gasteiger partial charge in [0.05, 0.1) is 0 Å². The second-order valence-electron chi connectivity index (χ2n) is 3.40. The van der Waals surface area contributed by atoms with Crippen LogP contribution in [-0.4, -0.2) is 19.1 Å². The average molecular weight is 304 g/mol. The first-order chi connectivity index (χ1) is 7.63. The molecule has 0 radical (unpaired) electrons. The lowest BCUT2D eigenvalue weighted by Gasteiger charge is -2.03. The Morgan fingerprint density at radius 2 is 2.50 bits per heavy atom. The molecule has 2 heterocycles. The standard InChI is InChI=1S/C9H10BrN3O2S/c1-2-6(10)5-7-8(13(14)15)12-3-4-16-9(12)11-7/h3-4,6H,2,5H2,1H3. The summed E-state index contributed by atoms with van der Waals surface area (Å²) >= 11 is 4.88. The Hall–Kier alpha value is -0.950. The number of rotatable bonds is 4. The predicted molar refractivity (Wildman–Crippen MR) is 66.4 cm³/mol. The van der Waals surface area contributed by atoms with E-state index in [1.54, 1.807) is 11.6 Å². The molecule has 1 atom stereocenters. The first-order valence-electron chi connectivity index (χ1n) is 4.86. The highest BCUT2D eigenvalue weighted by Crippen LogP contribution is 2.26. The molecule has 0 saturated carbocycles. The van der Waals surface area contributed by atoms with Crippen LogP contribution < -0.4 is 0 Å². The molecule has 0 aliphatic rings. The maximum absolute atomic E-state index is 11.0. The molecule has 0 fully saturated rings. The van der Waals surface area contributed by atoms with Crippen LogP contribution in [0.15, 0.2) is 11.6 Å². The molecular weight excluding hydrogens is 294 g/mol. The van der Waals surface area contributed by atoms with Gasteiger partial charge in [0, 0.05) is 16.6 Å². The van der Waals surface area contributed by atoms with E-state index in [0.29, 0.717) is 17.1 Å². The maximum atomic E-state index is 11.0. The summed E-state index contributed by atoms with van der Waals surface area (Å²) in [7, 11) is 0. The Morgan fingerprint density at radius 3 is 3.12 bits per heavy atom. The molecular formula is C9H10BrN3O2S. The van der Waals surface area contributed by atoms with Gasteiger partial charge in [-0.1, -0.05) is 34.2 Å². The van der Waals surface area contributed by atoms with Crippen molar-refractivity contribution in [3.05, 3.63) is 27.4 Å². The van der Waals surface area contributed by atoms with E-state index in [1.165, 1.54) is 15.7 Å². The fourth-order valence-corrected chi connectivity index (χ4v) is 2.54. The minimum Gasteiger partial charge on any atom is -0.358 e. The number of aromatic nitrogens is 2. The number of halogens is 1. The molecule has 0 aliphatic carbocycles. The molecule has 16 heavy (non-hydrogen) atoms. The highest BCUT2D eigenvalue weighted by molar-refractivity contribution is 9.09. The summed E-state index contributed by atoms with van der Waals surface area (Å²) in [5, 5.41) is 12.8. The number of alkyl halides is 1. The molecule has 7 heteroatoms. The quantitative estimate of drug-likeness (QED) is 0.495. The lowest BCUT2D eigenvalue weighted by molar-refractivity contribution is -0.391. The monoisotopic (exact) mass is 303 g/mol. The van der Waals surface area contributed by atoms with Crippen molar-refractivity contribution in [2.45, 2.75) is 24.6 Å². The van der Waals surface area contributed by atoms with Crippen molar-refractivity contribution in [3.63, 3.8) is 0 Å². The number of thiazole rings is 1. The van der Waals surface area contributed by atoms with E-state index in [4.69, 9.17) is 0 Å². The number of nitrogens with zero attached hydrogens (tertiary/aromatic N) is 3. The van der Waals surface area contributed by atoms with Crippen molar-refractivity contribution in [3.8, 4) is 0 Å². The molecule has 5 nitrogen and oxygen atoms in total. The van der Waals surface area contributed by atoms with Gasteiger partial charge in [0.15, 0.2) is 0 Å². The fourth-order valence-electron chi connectivity index (χ4n) is 1.50. The van der Waals surface area contributed by atoms with E-state index < -0.39 is 0 Å². The van der Waals surface area contributed by atoms with E-state index in [2.05, 4.69) is 20.9 Å². The van der Waals surface area contributed by atoms with Crippen LogP contribution in [0.5, 0.6) is 0 Å². The third kappa shape index (κ3) is 1.97. The third-order valence-electron chi connectivity index (χ3n) is 2.34. The van der Waals surface area contributed by atoms with Gasteiger partial charge in [0.1, 0.15) is 11.9 Å². The summed E-state index contributed by atoms with van der Waals surface area (Å²) in [4.78, 5) is 15.8. The molecule has 0 aromatic carbocycles. The smallest absolute Gasteiger partial charge is 0.351 e. The minimum atomic E-state index is -0.364. The molecule has 0 aliphatic heterocycles. The maximum Gasteiger partial charge on any atom is 0.351 e. The first-order valence-corrected chi connectivity index (χ1v) is 6.66. The van der Waals surface area contributed by atoms with E-state index in [0.717, 1.165) is 6.42 Å². The number of fused-ring (bicyclic) bond motifs is 1. The minimum absolute atomic E-state index is 0.0918. The van der Waals surface area contributed by atoms with Gasteiger partial charge in [-0.25, -0.2) is 0 Å². The van der Waals surface area contributed by atoms with Gasteiger partial charge in [0.2, 0.25) is 0 Å². The Balaban J connectivity index is 2.47. The van der Waals surface area contributed by atoms with Crippen LogP contribution in [0.25, 0.3) is 4.96 Å². The topological polar surface area (TPSA) is 60.4 Å². The molecule has 86 valence electrons. The summed E-state index contributed by atoms with van der Waals surface area (Å²) in [5.74, 6) is 0.0918. The van der Waals surface area contributed by atoms with E-state index >= 15 is 0 Å². The van der Waals surface area contributed by atoms with E-state index in [9.17, 15) is 10.1 Å². The normalized spacial score (nSPS) is 13.1. The van der Waals surface area contributed by atoms with Gasteiger partial charge in [-0.3, -0.25) is 0 Å².